The molecular formula is C12H14O4. The molecule has 1 aliphatic rings. The molecule has 0 aliphatic heterocycles. The first-order chi connectivity index (χ1) is 7.69. The van der Waals surface area contributed by atoms with Crippen LogP contribution < -0.4 is 9.47 Å². The van der Waals surface area contributed by atoms with E-state index in [2.05, 4.69) is 0 Å². The average molecular weight is 222 g/mol. The monoisotopic (exact) mass is 222 g/mol. The summed E-state index contributed by atoms with van der Waals surface area (Å²) in [6.45, 7) is 0. The van der Waals surface area contributed by atoms with E-state index >= 15 is 0 Å². The number of aliphatic carboxylic acids is 1. The van der Waals surface area contributed by atoms with Gasteiger partial charge in [0.1, 0.15) is 17.6 Å². The van der Waals surface area contributed by atoms with Crippen LogP contribution in [-0.2, 0) is 4.79 Å². The van der Waals surface area contributed by atoms with Crippen LogP contribution >= 0.6 is 0 Å². The van der Waals surface area contributed by atoms with Crippen LogP contribution in [0.2, 0.25) is 0 Å². The molecule has 4 nitrogen and oxygen atoms in total. The van der Waals surface area contributed by atoms with Crippen molar-refractivity contribution >= 4 is 5.97 Å². The van der Waals surface area contributed by atoms with Crippen molar-refractivity contribution in [3.05, 3.63) is 24.3 Å². The number of carbonyl (C=O) groups is 1. The Hall–Kier alpha value is -1.71. The number of carboxylic acids is 1. The van der Waals surface area contributed by atoms with Crippen molar-refractivity contribution in [2.45, 2.75) is 18.9 Å². The van der Waals surface area contributed by atoms with Crippen LogP contribution in [0.25, 0.3) is 0 Å². The minimum atomic E-state index is -0.727. The van der Waals surface area contributed by atoms with Gasteiger partial charge in [0.25, 0.3) is 0 Å². The second-order valence-electron chi connectivity index (χ2n) is 3.92. The maximum Gasteiger partial charge on any atom is 0.306 e. The second-order valence-corrected chi connectivity index (χ2v) is 3.92. The smallest absolute Gasteiger partial charge is 0.306 e. The van der Waals surface area contributed by atoms with E-state index in [1.807, 2.05) is 24.3 Å². The molecule has 1 aromatic carbocycles. The van der Waals surface area contributed by atoms with Gasteiger partial charge in [-0.3, -0.25) is 4.79 Å². The predicted molar refractivity (Wildman–Crippen MR) is 57.8 cm³/mol. The van der Waals surface area contributed by atoms with Crippen molar-refractivity contribution < 1.29 is 19.4 Å². The lowest BCUT2D eigenvalue weighted by Gasteiger charge is -2.32. The maximum absolute atomic E-state index is 10.6. The molecule has 0 atom stereocenters. The molecule has 0 saturated heterocycles. The average Bonchev–Trinajstić information content (AvgIpc) is 2.23. The number of ether oxygens (including phenoxy) is 2. The van der Waals surface area contributed by atoms with Gasteiger partial charge >= 0.3 is 5.97 Å². The zero-order valence-electron chi connectivity index (χ0n) is 9.05. The first kappa shape index (κ1) is 10.8. The summed E-state index contributed by atoms with van der Waals surface area (Å²) in [5.74, 6) is 0.580. The summed E-state index contributed by atoms with van der Waals surface area (Å²) in [7, 11) is 1.61. The topological polar surface area (TPSA) is 55.8 Å². The molecule has 0 spiro atoms. The molecule has 0 bridgehead atoms. The highest BCUT2D eigenvalue weighted by atomic mass is 16.5. The summed E-state index contributed by atoms with van der Waals surface area (Å²) < 4.78 is 10.6. The molecule has 0 aromatic heterocycles. The number of benzene rings is 1. The normalized spacial score (nSPS) is 23.3. The fourth-order valence-electron chi connectivity index (χ4n) is 1.71. The number of methoxy groups -OCH3 is 1. The van der Waals surface area contributed by atoms with Gasteiger partial charge in [-0.05, 0) is 37.1 Å². The van der Waals surface area contributed by atoms with Crippen molar-refractivity contribution in [2.75, 3.05) is 7.11 Å². The van der Waals surface area contributed by atoms with Crippen molar-refractivity contribution in [1.82, 2.24) is 0 Å². The molecule has 0 heterocycles. The van der Waals surface area contributed by atoms with Crippen LogP contribution in [0.15, 0.2) is 24.3 Å². The molecule has 0 amide bonds. The molecule has 1 saturated carbocycles. The highest BCUT2D eigenvalue weighted by Gasteiger charge is 2.35. The molecule has 86 valence electrons. The van der Waals surface area contributed by atoms with Crippen molar-refractivity contribution in [2.24, 2.45) is 5.92 Å². The van der Waals surface area contributed by atoms with Crippen molar-refractivity contribution in [3.8, 4) is 11.5 Å². The summed E-state index contributed by atoms with van der Waals surface area (Å²) in [6, 6.07) is 7.30. The molecule has 16 heavy (non-hydrogen) atoms. The Morgan fingerprint density at radius 3 is 2.31 bits per heavy atom. The third kappa shape index (κ3) is 2.27. The Balaban J connectivity index is 1.84. The first-order valence-electron chi connectivity index (χ1n) is 5.22. The van der Waals surface area contributed by atoms with Crippen LogP contribution in [0.4, 0.5) is 0 Å². The van der Waals surface area contributed by atoms with E-state index in [9.17, 15) is 4.79 Å². The van der Waals surface area contributed by atoms with Gasteiger partial charge in [0.2, 0.25) is 0 Å². The summed E-state index contributed by atoms with van der Waals surface area (Å²) in [5, 5.41) is 8.71. The zero-order valence-corrected chi connectivity index (χ0v) is 9.05. The van der Waals surface area contributed by atoms with Gasteiger partial charge < -0.3 is 14.6 Å². The van der Waals surface area contributed by atoms with Crippen LogP contribution in [-0.4, -0.2) is 24.3 Å². The minimum absolute atomic E-state index is 0.0366. The van der Waals surface area contributed by atoms with Gasteiger partial charge in [-0.25, -0.2) is 0 Å². The van der Waals surface area contributed by atoms with Crippen molar-refractivity contribution in [3.63, 3.8) is 0 Å². The second kappa shape index (κ2) is 4.43. The van der Waals surface area contributed by atoms with Gasteiger partial charge in [0, 0.05) is 0 Å². The molecule has 2 rings (SSSR count). The molecular weight excluding hydrogens is 208 g/mol. The number of hydrogen-bond donors (Lipinski definition) is 1. The van der Waals surface area contributed by atoms with Gasteiger partial charge in [-0.1, -0.05) is 0 Å². The molecule has 0 unspecified atom stereocenters. The SMILES string of the molecule is COc1ccc(OC2CC(C(=O)O)C2)cc1. The molecule has 1 fully saturated rings. The van der Waals surface area contributed by atoms with E-state index in [4.69, 9.17) is 14.6 Å². The number of carboxylic acid groups (broad SMARTS) is 1. The van der Waals surface area contributed by atoms with E-state index in [-0.39, 0.29) is 12.0 Å². The molecule has 0 radical (unpaired) electrons. The summed E-state index contributed by atoms with van der Waals surface area (Å²) >= 11 is 0. The highest BCUT2D eigenvalue weighted by Crippen LogP contribution is 2.31. The van der Waals surface area contributed by atoms with E-state index in [1.54, 1.807) is 7.11 Å². The van der Waals surface area contributed by atoms with Crippen LogP contribution in [0.5, 0.6) is 11.5 Å². The van der Waals surface area contributed by atoms with Crippen LogP contribution in [0, 0.1) is 5.92 Å². The van der Waals surface area contributed by atoms with Gasteiger partial charge in [0.15, 0.2) is 0 Å². The lowest BCUT2D eigenvalue weighted by molar-refractivity contribution is -0.147. The largest absolute Gasteiger partial charge is 0.497 e. The van der Waals surface area contributed by atoms with E-state index in [1.165, 1.54) is 0 Å². The number of hydrogen-bond acceptors (Lipinski definition) is 3. The summed E-state index contributed by atoms with van der Waals surface area (Å²) in [6.07, 6.45) is 1.23. The van der Waals surface area contributed by atoms with Gasteiger partial charge in [-0.2, -0.15) is 0 Å². The fraction of sp³-hybridized carbons (Fsp3) is 0.417. The highest BCUT2D eigenvalue weighted by molar-refractivity contribution is 5.71. The standard InChI is InChI=1S/C12H14O4/c1-15-9-2-4-10(5-3-9)16-11-6-8(7-11)12(13)14/h2-5,8,11H,6-7H2,1H3,(H,13,14). The fourth-order valence-corrected chi connectivity index (χ4v) is 1.71. The van der Waals surface area contributed by atoms with E-state index in [0.29, 0.717) is 12.8 Å². The number of rotatable bonds is 4. The molecule has 1 N–H and O–H groups in total. The Morgan fingerprint density at radius 1 is 1.25 bits per heavy atom. The molecule has 1 aromatic rings. The third-order valence-corrected chi connectivity index (χ3v) is 2.81. The summed E-state index contributed by atoms with van der Waals surface area (Å²) in [5.41, 5.74) is 0. The quantitative estimate of drug-likeness (QED) is 0.845. The van der Waals surface area contributed by atoms with E-state index in [0.717, 1.165) is 11.5 Å². The summed E-state index contributed by atoms with van der Waals surface area (Å²) in [4.78, 5) is 10.6. The molecule has 4 heteroatoms. The van der Waals surface area contributed by atoms with Gasteiger partial charge in [-0.15, -0.1) is 0 Å². The van der Waals surface area contributed by atoms with Crippen molar-refractivity contribution in [1.29, 1.82) is 0 Å². The van der Waals surface area contributed by atoms with Crippen LogP contribution in [0.3, 0.4) is 0 Å². The lowest BCUT2D eigenvalue weighted by atomic mass is 9.82. The Labute approximate surface area is 93.8 Å². The van der Waals surface area contributed by atoms with E-state index < -0.39 is 5.97 Å². The third-order valence-electron chi connectivity index (χ3n) is 2.81. The Morgan fingerprint density at radius 2 is 1.81 bits per heavy atom. The first-order valence-corrected chi connectivity index (χ1v) is 5.22. The maximum atomic E-state index is 10.6. The van der Waals surface area contributed by atoms with Gasteiger partial charge in [0.05, 0.1) is 13.0 Å². The minimum Gasteiger partial charge on any atom is -0.497 e. The Bertz CT molecular complexity index is 365. The molecule has 1 aliphatic carbocycles. The lowest BCUT2D eigenvalue weighted by Crippen LogP contribution is -2.38. The Kier molecular flexibility index (Phi) is 2.99. The van der Waals surface area contributed by atoms with Crippen LogP contribution in [0.1, 0.15) is 12.8 Å². The zero-order chi connectivity index (χ0) is 11.5. The predicted octanol–water partition coefficient (Wildman–Crippen LogP) is 1.94.